The molecule has 9 atom stereocenters. The maximum atomic E-state index is 17.3. The summed E-state index contributed by atoms with van der Waals surface area (Å²) in [6.45, 7) is 7.20. The van der Waals surface area contributed by atoms with Gasteiger partial charge in [-0.25, -0.2) is 4.39 Å². The number of allylic oxidation sites excluding steroid dienone is 4. The SMILES string of the molecule is CCCCC(=O)O[C@]1(C(=O)C(O)Cl)[C@H](C)C[C@H]2[C@@H]3CCC4=CC(=O)C=C[C@]4(C)[C@@]3(F)[C@@H](O)C[C@@]21C. The zero-order chi connectivity index (χ0) is 26.0. The maximum Gasteiger partial charge on any atom is 0.306 e. The highest BCUT2D eigenvalue weighted by molar-refractivity contribution is 6.31. The molecule has 2 N–H and O–H groups in total. The Labute approximate surface area is 210 Å². The highest BCUT2D eigenvalue weighted by Crippen LogP contribution is 2.71. The van der Waals surface area contributed by atoms with E-state index in [0.29, 0.717) is 31.3 Å². The second-order valence-electron chi connectivity index (χ2n) is 11.4. The number of carbonyl (C=O) groups excluding carboxylic acids is 3. The minimum atomic E-state index is -2.07. The first-order chi connectivity index (χ1) is 16.3. The van der Waals surface area contributed by atoms with Crippen molar-refractivity contribution < 1.29 is 33.7 Å². The minimum Gasteiger partial charge on any atom is -0.450 e. The van der Waals surface area contributed by atoms with Crippen molar-refractivity contribution in [2.45, 2.75) is 95.6 Å². The first kappa shape index (κ1) is 26.5. The molecule has 3 saturated carbocycles. The molecule has 0 bridgehead atoms. The van der Waals surface area contributed by atoms with Crippen molar-refractivity contribution in [2.75, 3.05) is 0 Å². The van der Waals surface area contributed by atoms with Gasteiger partial charge in [0.05, 0.1) is 6.10 Å². The van der Waals surface area contributed by atoms with Crippen molar-refractivity contribution in [3.63, 3.8) is 0 Å². The molecular weight excluding hydrogens is 475 g/mol. The molecule has 4 rings (SSSR count). The highest BCUT2D eigenvalue weighted by Gasteiger charge is 2.77. The third-order valence-corrected chi connectivity index (χ3v) is 9.97. The summed E-state index contributed by atoms with van der Waals surface area (Å²) < 4.78 is 23.3. The number of halogens is 2. The minimum absolute atomic E-state index is 0.113. The first-order valence-electron chi connectivity index (χ1n) is 12.7. The molecule has 6 nitrogen and oxygen atoms in total. The van der Waals surface area contributed by atoms with Crippen LogP contribution in [-0.2, 0) is 19.1 Å². The topological polar surface area (TPSA) is 101 Å². The summed E-state index contributed by atoms with van der Waals surface area (Å²) in [7, 11) is 0. The number of hydrogen-bond donors (Lipinski definition) is 2. The normalized spacial score (nSPS) is 45.1. The number of hydrogen-bond acceptors (Lipinski definition) is 6. The second kappa shape index (κ2) is 8.77. The number of Topliss-reactive ketones (excluding diaryl/α,β-unsaturated/α-hetero) is 1. The quantitative estimate of drug-likeness (QED) is 0.410. The average Bonchev–Trinajstić information content (AvgIpc) is 3.00. The van der Waals surface area contributed by atoms with Crippen LogP contribution in [0.2, 0.25) is 0 Å². The summed E-state index contributed by atoms with van der Waals surface area (Å²) >= 11 is 5.90. The molecule has 4 aliphatic rings. The van der Waals surface area contributed by atoms with Crippen LogP contribution in [0.4, 0.5) is 4.39 Å². The lowest BCUT2D eigenvalue weighted by molar-refractivity contribution is -0.229. The number of carbonyl (C=O) groups is 3. The molecule has 1 unspecified atom stereocenters. The predicted octanol–water partition coefficient (Wildman–Crippen LogP) is 4.20. The van der Waals surface area contributed by atoms with Crippen LogP contribution in [0, 0.1) is 28.6 Å². The summed E-state index contributed by atoms with van der Waals surface area (Å²) in [5.74, 6) is -3.15. The average molecular weight is 511 g/mol. The molecule has 35 heavy (non-hydrogen) atoms. The Bertz CT molecular complexity index is 992. The number of unbranched alkanes of at least 4 members (excludes halogenated alkanes) is 1. The number of esters is 1. The van der Waals surface area contributed by atoms with Gasteiger partial charge in [-0.05, 0) is 57.1 Å². The van der Waals surface area contributed by atoms with Crippen LogP contribution in [0.15, 0.2) is 23.8 Å². The Morgan fingerprint density at radius 2 is 2.00 bits per heavy atom. The molecule has 0 aromatic rings. The van der Waals surface area contributed by atoms with Crippen molar-refractivity contribution in [3.05, 3.63) is 23.8 Å². The zero-order valence-corrected chi connectivity index (χ0v) is 21.6. The van der Waals surface area contributed by atoms with Crippen LogP contribution in [0.3, 0.4) is 0 Å². The lowest BCUT2D eigenvalue weighted by Crippen LogP contribution is -2.70. The van der Waals surface area contributed by atoms with Gasteiger partial charge in [0.25, 0.3) is 0 Å². The molecule has 0 aromatic heterocycles. The van der Waals surface area contributed by atoms with Gasteiger partial charge in [-0.15, -0.1) is 0 Å². The van der Waals surface area contributed by atoms with Crippen LogP contribution in [0.25, 0.3) is 0 Å². The summed E-state index contributed by atoms with van der Waals surface area (Å²) in [6.07, 6.45) is 5.50. The second-order valence-corrected chi connectivity index (χ2v) is 11.8. The van der Waals surface area contributed by atoms with E-state index in [0.717, 1.165) is 6.42 Å². The molecule has 3 fully saturated rings. The summed E-state index contributed by atoms with van der Waals surface area (Å²) in [4.78, 5) is 38.4. The number of alkyl halides is 2. The number of aliphatic hydroxyl groups is 2. The molecule has 4 aliphatic carbocycles. The lowest BCUT2D eigenvalue weighted by atomic mass is 9.44. The molecule has 0 saturated heterocycles. The Morgan fingerprint density at radius 1 is 1.31 bits per heavy atom. The summed E-state index contributed by atoms with van der Waals surface area (Å²) in [6, 6.07) is 0. The van der Waals surface area contributed by atoms with E-state index in [-0.39, 0.29) is 18.6 Å². The smallest absolute Gasteiger partial charge is 0.306 e. The largest absolute Gasteiger partial charge is 0.450 e. The molecule has 0 aliphatic heterocycles. The fourth-order valence-corrected chi connectivity index (χ4v) is 8.21. The first-order valence-corrected chi connectivity index (χ1v) is 13.1. The van der Waals surface area contributed by atoms with Crippen molar-refractivity contribution in [3.8, 4) is 0 Å². The Balaban J connectivity index is 1.82. The van der Waals surface area contributed by atoms with Gasteiger partial charge in [-0.2, -0.15) is 0 Å². The standard InChI is InChI=1S/C27H36ClFO6/c1-5-6-7-21(32)35-27(22(33)23(28)34)15(2)12-19-18-9-8-16-13-17(30)10-11-24(16,3)26(18,29)20(31)14-25(19,27)4/h10-11,13,15,18-20,23,31,34H,5-9,12,14H2,1-4H3/t15-,18+,19+,20+,23?,24+,25+,26+,27+/m1/s1. The molecule has 0 amide bonds. The molecular formula is C27H36ClFO6. The fraction of sp³-hybridized carbons (Fsp3) is 0.741. The van der Waals surface area contributed by atoms with E-state index in [4.69, 9.17) is 16.3 Å². The molecule has 0 heterocycles. The van der Waals surface area contributed by atoms with E-state index < -0.39 is 63.3 Å². The van der Waals surface area contributed by atoms with E-state index in [1.165, 1.54) is 12.2 Å². The molecule has 0 radical (unpaired) electrons. The van der Waals surface area contributed by atoms with Crippen molar-refractivity contribution in [1.29, 1.82) is 0 Å². The monoisotopic (exact) mass is 510 g/mol. The Morgan fingerprint density at radius 3 is 2.63 bits per heavy atom. The third-order valence-electron chi connectivity index (χ3n) is 9.77. The van der Waals surface area contributed by atoms with E-state index in [9.17, 15) is 24.6 Å². The Hall–Kier alpha value is -1.57. The third kappa shape index (κ3) is 3.44. The molecule has 0 spiro atoms. The van der Waals surface area contributed by atoms with E-state index >= 15 is 4.39 Å². The number of ether oxygens (including phenoxy) is 1. The predicted molar refractivity (Wildman–Crippen MR) is 128 cm³/mol. The highest BCUT2D eigenvalue weighted by atomic mass is 35.5. The molecule has 0 aromatic carbocycles. The van der Waals surface area contributed by atoms with Crippen molar-refractivity contribution >= 4 is 29.1 Å². The number of fused-ring (bicyclic) bond motifs is 5. The number of ketones is 2. The van der Waals surface area contributed by atoms with Crippen LogP contribution in [0.1, 0.15) is 72.6 Å². The van der Waals surface area contributed by atoms with Crippen LogP contribution in [0.5, 0.6) is 0 Å². The van der Waals surface area contributed by atoms with Gasteiger partial charge in [-0.1, -0.05) is 50.4 Å². The molecule has 194 valence electrons. The van der Waals surface area contributed by atoms with Gasteiger partial charge in [0.1, 0.15) is 0 Å². The van der Waals surface area contributed by atoms with Crippen LogP contribution >= 0.6 is 11.6 Å². The van der Waals surface area contributed by atoms with Crippen molar-refractivity contribution in [1.82, 2.24) is 0 Å². The van der Waals surface area contributed by atoms with E-state index in [2.05, 4.69) is 0 Å². The van der Waals surface area contributed by atoms with Gasteiger partial charge in [0.15, 0.2) is 22.6 Å². The van der Waals surface area contributed by atoms with Gasteiger partial charge < -0.3 is 14.9 Å². The van der Waals surface area contributed by atoms with Crippen LogP contribution < -0.4 is 0 Å². The van der Waals surface area contributed by atoms with Gasteiger partial charge >= 0.3 is 5.97 Å². The maximum absolute atomic E-state index is 17.3. The summed E-state index contributed by atoms with van der Waals surface area (Å²) in [5.41, 5.74) is -7.36. The van der Waals surface area contributed by atoms with Gasteiger partial charge in [0.2, 0.25) is 5.78 Å². The van der Waals surface area contributed by atoms with Gasteiger partial charge in [0, 0.05) is 29.1 Å². The van der Waals surface area contributed by atoms with E-state index in [1.807, 2.05) is 6.92 Å². The van der Waals surface area contributed by atoms with E-state index in [1.54, 1.807) is 26.8 Å². The Kier molecular flexibility index (Phi) is 6.64. The summed E-state index contributed by atoms with van der Waals surface area (Å²) in [5, 5.41) is 21.7. The fourth-order valence-electron chi connectivity index (χ4n) is 8.05. The van der Waals surface area contributed by atoms with Crippen molar-refractivity contribution in [2.24, 2.45) is 28.6 Å². The van der Waals surface area contributed by atoms with Gasteiger partial charge in [-0.3, -0.25) is 14.4 Å². The number of aliphatic hydroxyl groups excluding tert-OH is 2. The zero-order valence-electron chi connectivity index (χ0n) is 20.9. The molecule has 8 heteroatoms. The number of rotatable bonds is 6. The van der Waals surface area contributed by atoms with Crippen LogP contribution in [-0.4, -0.2) is 50.7 Å². The lowest BCUT2D eigenvalue weighted by Gasteiger charge is -2.62.